The van der Waals surface area contributed by atoms with E-state index in [1.54, 1.807) is 6.07 Å². The van der Waals surface area contributed by atoms with Crippen LogP contribution in [0.4, 0.5) is 8.78 Å². The van der Waals surface area contributed by atoms with Gasteiger partial charge in [0, 0.05) is 12.0 Å². The Balaban J connectivity index is 1.91. The molecule has 1 aliphatic rings. The van der Waals surface area contributed by atoms with E-state index in [4.69, 9.17) is 4.74 Å². The minimum Gasteiger partial charge on any atom is -0.488 e. The normalized spacial score (nSPS) is 18.1. The van der Waals surface area contributed by atoms with Gasteiger partial charge >= 0.3 is 0 Å². The summed E-state index contributed by atoms with van der Waals surface area (Å²) in [4.78, 5) is 0. The van der Waals surface area contributed by atoms with Crippen molar-refractivity contribution >= 4 is 0 Å². The van der Waals surface area contributed by atoms with Crippen LogP contribution in [0.5, 0.6) is 5.75 Å². The lowest BCUT2D eigenvalue weighted by molar-refractivity contribution is 0.177. The summed E-state index contributed by atoms with van der Waals surface area (Å²) in [7, 11) is 0. The predicted octanol–water partition coefficient (Wildman–Crippen LogP) is 3.62. The maximum absolute atomic E-state index is 14.1. The molecular weight excluding hydrogens is 272 g/mol. The van der Waals surface area contributed by atoms with Crippen LogP contribution >= 0.6 is 0 Å². The maximum Gasteiger partial charge on any atom is 0.163 e. The van der Waals surface area contributed by atoms with E-state index >= 15 is 0 Å². The van der Waals surface area contributed by atoms with E-state index in [1.165, 1.54) is 6.07 Å². The molecule has 2 atom stereocenters. The molecule has 0 radical (unpaired) electrons. The molecule has 2 nitrogen and oxygen atoms in total. The SMILES string of the molecule is CCNC(c1cccc(F)c1F)C1Cc2ccccc2O1. The van der Waals surface area contributed by atoms with Crippen LogP contribution in [-0.4, -0.2) is 12.6 Å². The minimum absolute atomic E-state index is 0.237. The van der Waals surface area contributed by atoms with Crippen molar-refractivity contribution in [3.63, 3.8) is 0 Å². The quantitative estimate of drug-likeness (QED) is 0.928. The van der Waals surface area contributed by atoms with E-state index in [9.17, 15) is 8.78 Å². The molecular formula is C17H17F2NO. The van der Waals surface area contributed by atoms with Gasteiger partial charge in [0.15, 0.2) is 11.6 Å². The first kappa shape index (κ1) is 14.0. The number of hydrogen-bond acceptors (Lipinski definition) is 2. The third kappa shape index (κ3) is 2.63. The number of benzene rings is 2. The first-order valence-electron chi connectivity index (χ1n) is 7.12. The van der Waals surface area contributed by atoms with Crippen molar-refractivity contribution in [2.24, 2.45) is 0 Å². The van der Waals surface area contributed by atoms with E-state index in [1.807, 2.05) is 31.2 Å². The van der Waals surface area contributed by atoms with Crippen LogP contribution in [0.25, 0.3) is 0 Å². The molecule has 2 aromatic carbocycles. The molecule has 0 aliphatic carbocycles. The summed E-state index contributed by atoms with van der Waals surface area (Å²) in [5.41, 5.74) is 1.41. The van der Waals surface area contributed by atoms with Gasteiger partial charge in [-0.3, -0.25) is 0 Å². The lowest BCUT2D eigenvalue weighted by atomic mass is 9.97. The van der Waals surface area contributed by atoms with Gasteiger partial charge < -0.3 is 10.1 Å². The smallest absolute Gasteiger partial charge is 0.163 e. The highest BCUT2D eigenvalue weighted by Gasteiger charge is 2.32. The van der Waals surface area contributed by atoms with E-state index < -0.39 is 11.6 Å². The Hall–Kier alpha value is -1.94. The topological polar surface area (TPSA) is 21.3 Å². The second-order valence-electron chi connectivity index (χ2n) is 5.15. The van der Waals surface area contributed by atoms with Crippen LogP contribution in [0, 0.1) is 11.6 Å². The van der Waals surface area contributed by atoms with Crippen molar-refractivity contribution in [3.05, 3.63) is 65.2 Å². The summed E-state index contributed by atoms with van der Waals surface area (Å²) < 4.78 is 33.5. The Morgan fingerprint density at radius 3 is 2.76 bits per heavy atom. The molecule has 2 aromatic rings. The van der Waals surface area contributed by atoms with Crippen LogP contribution in [0.2, 0.25) is 0 Å². The Labute approximate surface area is 122 Å². The monoisotopic (exact) mass is 289 g/mol. The van der Waals surface area contributed by atoms with Crippen LogP contribution in [-0.2, 0) is 6.42 Å². The number of rotatable bonds is 4. The van der Waals surface area contributed by atoms with Crippen molar-refractivity contribution in [1.82, 2.24) is 5.32 Å². The van der Waals surface area contributed by atoms with Crippen molar-refractivity contribution in [1.29, 1.82) is 0 Å². The van der Waals surface area contributed by atoms with E-state index in [2.05, 4.69) is 5.32 Å². The summed E-state index contributed by atoms with van der Waals surface area (Å²) in [6.07, 6.45) is 0.447. The second-order valence-corrected chi connectivity index (χ2v) is 5.15. The Kier molecular flexibility index (Phi) is 3.88. The van der Waals surface area contributed by atoms with Crippen LogP contribution < -0.4 is 10.1 Å². The molecule has 4 heteroatoms. The molecule has 1 N–H and O–H groups in total. The Morgan fingerprint density at radius 1 is 1.19 bits per heavy atom. The van der Waals surface area contributed by atoms with Crippen molar-refractivity contribution in [2.75, 3.05) is 6.54 Å². The van der Waals surface area contributed by atoms with Crippen LogP contribution in [0.15, 0.2) is 42.5 Å². The fourth-order valence-corrected chi connectivity index (χ4v) is 2.82. The molecule has 2 unspecified atom stereocenters. The average Bonchev–Trinajstić information content (AvgIpc) is 2.91. The largest absolute Gasteiger partial charge is 0.488 e. The van der Waals surface area contributed by atoms with Crippen molar-refractivity contribution in [3.8, 4) is 5.75 Å². The highest BCUT2D eigenvalue weighted by Crippen LogP contribution is 2.35. The summed E-state index contributed by atoms with van der Waals surface area (Å²) in [5.74, 6) is -0.809. The summed E-state index contributed by atoms with van der Waals surface area (Å²) >= 11 is 0. The summed E-state index contributed by atoms with van der Waals surface area (Å²) in [6.45, 7) is 2.59. The van der Waals surface area contributed by atoms with Crippen LogP contribution in [0.3, 0.4) is 0 Å². The second kappa shape index (κ2) is 5.82. The molecule has 0 fully saturated rings. The van der Waals surface area contributed by atoms with Gasteiger partial charge in [-0.1, -0.05) is 37.3 Å². The lowest BCUT2D eigenvalue weighted by Gasteiger charge is -2.25. The highest BCUT2D eigenvalue weighted by atomic mass is 19.2. The molecule has 0 spiro atoms. The van der Waals surface area contributed by atoms with Gasteiger partial charge in [-0.15, -0.1) is 0 Å². The van der Waals surface area contributed by atoms with E-state index in [0.29, 0.717) is 18.5 Å². The summed E-state index contributed by atoms with van der Waals surface area (Å²) in [6, 6.07) is 11.7. The zero-order valence-corrected chi connectivity index (χ0v) is 11.8. The molecule has 21 heavy (non-hydrogen) atoms. The number of likely N-dealkylation sites (N-methyl/N-ethyl adjacent to an activating group) is 1. The molecule has 0 bridgehead atoms. The van der Waals surface area contributed by atoms with Crippen molar-refractivity contribution in [2.45, 2.75) is 25.5 Å². The molecule has 0 aromatic heterocycles. The van der Waals surface area contributed by atoms with Gasteiger partial charge in [-0.25, -0.2) is 8.78 Å². The third-order valence-corrected chi connectivity index (χ3v) is 3.78. The van der Waals surface area contributed by atoms with Gasteiger partial charge in [0.2, 0.25) is 0 Å². The molecule has 110 valence electrons. The number of ether oxygens (including phenoxy) is 1. The molecule has 3 rings (SSSR count). The molecule has 1 heterocycles. The number of nitrogens with one attached hydrogen (secondary N) is 1. The van der Waals surface area contributed by atoms with E-state index in [0.717, 1.165) is 17.4 Å². The minimum atomic E-state index is -0.828. The molecule has 0 amide bonds. The van der Waals surface area contributed by atoms with Gasteiger partial charge in [-0.05, 0) is 24.2 Å². The van der Waals surface area contributed by atoms with Gasteiger partial charge in [0.05, 0.1) is 6.04 Å². The van der Waals surface area contributed by atoms with Gasteiger partial charge in [-0.2, -0.15) is 0 Å². The number of fused-ring (bicyclic) bond motifs is 1. The van der Waals surface area contributed by atoms with Gasteiger partial charge in [0.1, 0.15) is 11.9 Å². The van der Waals surface area contributed by atoms with Gasteiger partial charge in [0.25, 0.3) is 0 Å². The number of para-hydroxylation sites is 1. The average molecular weight is 289 g/mol. The zero-order chi connectivity index (χ0) is 14.8. The zero-order valence-electron chi connectivity index (χ0n) is 11.8. The van der Waals surface area contributed by atoms with Crippen molar-refractivity contribution < 1.29 is 13.5 Å². The summed E-state index contributed by atoms with van der Waals surface area (Å²) in [5, 5.41) is 3.21. The Morgan fingerprint density at radius 2 is 2.00 bits per heavy atom. The maximum atomic E-state index is 14.1. The lowest BCUT2D eigenvalue weighted by Crippen LogP contribution is -2.35. The molecule has 0 saturated carbocycles. The fourth-order valence-electron chi connectivity index (χ4n) is 2.82. The standard InChI is InChI=1S/C17H17F2NO/c1-2-20-17(12-7-5-8-13(18)16(12)19)15-10-11-6-3-4-9-14(11)21-15/h3-9,15,17,20H,2,10H2,1H3. The Bertz CT molecular complexity index is 619. The number of hydrogen-bond donors (Lipinski definition) is 1. The first-order chi connectivity index (χ1) is 10.2. The fraction of sp³-hybridized carbons (Fsp3) is 0.294. The third-order valence-electron chi connectivity index (χ3n) is 3.78. The van der Waals surface area contributed by atoms with Crippen LogP contribution in [0.1, 0.15) is 24.1 Å². The number of halogens is 2. The predicted molar refractivity (Wildman–Crippen MR) is 77.3 cm³/mol. The van der Waals surface area contributed by atoms with E-state index in [-0.39, 0.29) is 12.1 Å². The molecule has 1 aliphatic heterocycles. The first-order valence-corrected chi connectivity index (χ1v) is 7.12. The highest BCUT2D eigenvalue weighted by molar-refractivity contribution is 5.38. The molecule has 0 saturated heterocycles.